The predicted octanol–water partition coefficient (Wildman–Crippen LogP) is 9.55. The van der Waals surface area contributed by atoms with Crippen LogP contribution in [-0.2, 0) is 36.2 Å². The molecule has 0 aliphatic carbocycles. The van der Waals surface area contributed by atoms with Crippen LogP contribution in [0.2, 0.25) is 0 Å². The van der Waals surface area contributed by atoms with E-state index in [-0.39, 0.29) is 29.7 Å². The van der Waals surface area contributed by atoms with Crippen molar-refractivity contribution in [2.75, 3.05) is 0 Å². The number of rotatable bonds is 4. The fourth-order valence-corrected chi connectivity index (χ4v) is 4.02. The number of aryl methyl sites for hydroxylation is 2. The first-order valence-corrected chi connectivity index (χ1v) is 15.1. The number of hydrogen-bond donors (Lipinski definition) is 0. The summed E-state index contributed by atoms with van der Waals surface area (Å²) < 4.78 is 0. The third kappa shape index (κ3) is 11.5. The van der Waals surface area contributed by atoms with Gasteiger partial charge in [0.25, 0.3) is 0 Å². The van der Waals surface area contributed by atoms with Gasteiger partial charge >= 0.3 is 30.2 Å². The first-order chi connectivity index (χ1) is 14.3. The first-order valence-electron chi connectivity index (χ1n) is 10.9. The van der Waals surface area contributed by atoms with Gasteiger partial charge in [-0.2, -0.15) is 12.1 Å². The summed E-state index contributed by atoms with van der Waals surface area (Å²) in [4.78, 5) is 0. The standard InChI is InChI=1S/2C14H17.4CH3.Si.Zr/c2*1-10(2)6-12-4-5-13-7-11(3)8-14(13)9-12;;;;;;/h2*4-5,7-10H,6H2,1-3H3;4*1H3;;/q6*-1;;. The molecule has 4 aromatic rings. The van der Waals surface area contributed by atoms with E-state index < -0.39 is 0 Å². The molecule has 0 unspecified atom stereocenters. The molecule has 2 heteroatoms. The molecule has 4 rings (SSSR count). The van der Waals surface area contributed by atoms with Gasteiger partial charge in [0, 0.05) is 0 Å². The van der Waals surface area contributed by atoms with Crippen molar-refractivity contribution in [3.8, 4) is 0 Å². The van der Waals surface area contributed by atoms with E-state index in [9.17, 15) is 0 Å². The summed E-state index contributed by atoms with van der Waals surface area (Å²) in [6.45, 7) is 16.4. The van der Waals surface area contributed by atoms with Crippen LogP contribution in [0.1, 0.15) is 49.9 Å². The van der Waals surface area contributed by atoms with Crippen LogP contribution in [0.3, 0.4) is 0 Å². The molecule has 0 aromatic heterocycles. The van der Waals surface area contributed by atoms with Crippen molar-refractivity contribution in [2.24, 2.45) is 11.8 Å². The normalized spacial score (nSPS) is 9.50. The van der Waals surface area contributed by atoms with Crippen LogP contribution >= 0.6 is 0 Å². The molecule has 34 heavy (non-hydrogen) atoms. The predicted molar refractivity (Wildman–Crippen MR) is 157 cm³/mol. The van der Waals surface area contributed by atoms with E-state index in [4.69, 9.17) is 0 Å². The van der Waals surface area contributed by atoms with Crippen molar-refractivity contribution in [1.82, 2.24) is 0 Å². The van der Waals surface area contributed by atoms with Gasteiger partial charge in [0.15, 0.2) is 0 Å². The summed E-state index contributed by atoms with van der Waals surface area (Å²) in [6, 6.07) is 22.6. The molecule has 0 spiro atoms. The van der Waals surface area contributed by atoms with Crippen LogP contribution in [0.5, 0.6) is 0 Å². The summed E-state index contributed by atoms with van der Waals surface area (Å²) >= 11 is 1.36. The Morgan fingerprint density at radius 3 is 1.24 bits per heavy atom. The van der Waals surface area contributed by atoms with E-state index in [1.54, 1.807) is 0 Å². The molecule has 0 nitrogen and oxygen atoms in total. The Morgan fingerprint density at radius 2 is 0.941 bits per heavy atom. The maximum atomic E-state index is 3.06. The van der Waals surface area contributed by atoms with Crippen LogP contribution < -0.4 is 0 Å². The molecular formula is C32H46SiZr-6. The van der Waals surface area contributed by atoms with Crippen LogP contribution in [-0.4, -0.2) is 6.88 Å². The van der Waals surface area contributed by atoms with Gasteiger partial charge in [0.2, 0.25) is 0 Å². The average Bonchev–Trinajstić information content (AvgIpc) is 3.22. The van der Waals surface area contributed by atoms with Crippen LogP contribution in [0, 0.1) is 55.4 Å². The zero-order valence-corrected chi connectivity index (χ0v) is 26.8. The second-order valence-corrected chi connectivity index (χ2v) is 9.19. The van der Waals surface area contributed by atoms with Crippen molar-refractivity contribution in [2.45, 2.75) is 54.4 Å². The van der Waals surface area contributed by atoms with Gasteiger partial charge in [-0.3, -0.25) is 0 Å². The van der Waals surface area contributed by atoms with E-state index in [2.05, 4.69) is 109 Å². The van der Waals surface area contributed by atoms with Gasteiger partial charge in [0.1, 0.15) is 0 Å². The molecular weight excluding hydrogens is 504 g/mol. The Balaban J connectivity index is -0.000000475. The Hall–Kier alpha value is -1.24. The van der Waals surface area contributed by atoms with E-state index in [0.29, 0.717) is 0 Å². The van der Waals surface area contributed by atoms with E-state index in [1.165, 1.54) is 80.0 Å². The topological polar surface area (TPSA) is 0 Å². The van der Waals surface area contributed by atoms with Crippen molar-refractivity contribution >= 4 is 28.4 Å². The van der Waals surface area contributed by atoms with Gasteiger partial charge < -0.3 is 29.7 Å². The molecule has 0 saturated heterocycles. The SMILES string of the molecule is Cc1cc2cc(CC(C)C)ccc2[cH-]1.Cc1cc2cc(CC(C)C)ccc2[cH-]1.[CH3-].[CH3-].[CH3-].[CH3-].[Si]=[Zr]. The maximum absolute atomic E-state index is 3.06. The molecule has 0 aliphatic heterocycles. The summed E-state index contributed by atoms with van der Waals surface area (Å²) in [5.41, 5.74) is 5.64. The second-order valence-electron chi connectivity index (χ2n) is 9.19. The summed E-state index contributed by atoms with van der Waals surface area (Å²) in [7, 11) is 0. The number of benzene rings is 2. The van der Waals surface area contributed by atoms with Crippen LogP contribution in [0.25, 0.3) is 21.5 Å². The van der Waals surface area contributed by atoms with E-state index in [0.717, 1.165) is 11.8 Å². The minimum absolute atomic E-state index is 0. The summed E-state index contributed by atoms with van der Waals surface area (Å²) in [5.74, 6) is 1.48. The van der Waals surface area contributed by atoms with Gasteiger partial charge in [-0.25, -0.2) is 0 Å². The van der Waals surface area contributed by atoms with Crippen molar-refractivity contribution in [3.05, 3.63) is 113 Å². The quantitative estimate of drug-likeness (QED) is 0.176. The summed E-state index contributed by atoms with van der Waals surface area (Å²) in [5, 5.41) is 5.52. The first kappa shape index (κ1) is 37.3. The average molecular weight is 550 g/mol. The number of fused-ring (bicyclic) bond motifs is 2. The molecule has 0 atom stereocenters. The van der Waals surface area contributed by atoms with E-state index in [1.807, 2.05) is 0 Å². The minimum atomic E-state index is 0. The molecule has 0 amide bonds. The van der Waals surface area contributed by atoms with Crippen molar-refractivity contribution in [1.29, 1.82) is 0 Å². The summed E-state index contributed by atoms with van der Waals surface area (Å²) in [6.07, 6.45) is 2.36. The Kier molecular flexibility index (Phi) is 19.8. The molecule has 0 aliphatic rings. The molecule has 0 N–H and O–H groups in total. The Labute approximate surface area is 229 Å². The molecule has 2 radical (unpaired) electrons. The van der Waals surface area contributed by atoms with E-state index >= 15 is 0 Å². The molecule has 0 saturated carbocycles. The molecule has 188 valence electrons. The zero-order valence-electron chi connectivity index (χ0n) is 23.3. The Morgan fingerprint density at radius 1 is 0.618 bits per heavy atom. The number of hydrogen-bond acceptors (Lipinski definition) is 0. The molecule has 0 fully saturated rings. The van der Waals surface area contributed by atoms with Gasteiger partial charge in [-0.05, 0) is 24.7 Å². The monoisotopic (exact) mass is 548 g/mol. The third-order valence-electron chi connectivity index (χ3n) is 5.12. The van der Waals surface area contributed by atoms with Crippen LogP contribution in [0.4, 0.5) is 0 Å². The Bertz CT molecular complexity index is 979. The second kappa shape index (κ2) is 18.1. The third-order valence-corrected chi connectivity index (χ3v) is 5.12. The molecule has 0 heterocycles. The zero-order chi connectivity index (χ0) is 22.3. The van der Waals surface area contributed by atoms with Gasteiger partial charge in [-0.15, -0.1) is 81.2 Å². The molecule has 0 bridgehead atoms. The van der Waals surface area contributed by atoms with Crippen LogP contribution in [0.15, 0.2) is 60.7 Å². The fraction of sp³-hybridized carbons (Fsp3) is 0.312. The van der Waals surface area contributed by atoms with Gasteiger partial charge in [-0.1, -0.05) is 52.7 Å². The van der Waals surface area contributed by atoms with Crippen molar-refractivity contribution < 1.29 is 23.3 Å². The molecule has 4 aromatic carbocycles. The van der Waals surface area contributed by atoms with Crippen molar-refractivity contribution in [3.63, 3.8) is 0 Å². The van der Waals surface area contributed by atoms with Gasteiger partial charge in [0.05, 0.1) is 0 Å². The fourth-order valence-electron chi connectivity index (χ4n) is 4.02.